The zero-order chi connectivity index (χ0) is 14.0. The molecule has 108 valence electrons. The number of anilines is 1. The van der Waals surface area contributed by atoms with Gasteiger partial charge in [-0.3, -0.25) is 0 Å². The molecule has 1 aromatic heterocycles. The van der Waals surface area contributed by atoms with Crippen molar-refractivity contribution in [2.75, 3.05) is 25.5 Å². The van der Waals surface area contributed by atoms with Gasteiger partial charge in [-0.15, -0.1) is 11.3 Å². The first-order chi connectivity index (χ1) is 8.90. The summed E-state index contributed by atoms with van der Waals surface area (Å²) in [7, 11) is 3.57. The molecule has 0 spiro atoms. The van der Waals surface area contributed by atoms with E-state index in [0.29, 0.717) is 5.13 Å². The highest BCUT2D eigenvalue weighted by atomic mass is 32.1. The van der Waals surface area contributed by atoms with Gasteiger partial charge in [-0.2, -0.15) is 13.2 Å². The first-order valence-corrected chi connectivity index (χ1v) is 7.17. The minimum atomic E-state index is -4.11. The SMILES string of the molecule is CNC1CCCc2sc(N(C)CCC(F)(F)F)nc21. The Balaban J connectivity index is 2.07. The Morgan fingerprint density at radius 1 is 1.47 bits per heavy atom. The zero-order valence-electron chi connectivity index (χ0n) is 11.0. The maximum Gasteiger partial charge on any atom is 0.390 e. The summed E-state index contributed by atoms with van der Waals surface area (Å²) in [5.74, 6) is 0. The fraction of sp³-hybridized carbons (Fsp3) is 0.750. The van der Waals surface area contributed by atoms with Gasteiger partial charge in [0.1, 0.15) is 0 Å². The average Bonchev–Trinajstić information content (AvgIpc) is 2.78. The van der Waals surface area contributed by atoms with Crippen LogP contribution in [0.5, 0.6) is 0 Å². The number of nitrogens with one attached hydrogen (secondary N) is 1. The molecule has 7 heteroatoms. The van der Waals surface area contributed by atoms with Gasteiger partial charge >= 0.3 is 6.18 Å². The molecule has 1 heterocycles. The first kappa shape index (κ1) is 14.6. The molecule has 0 bridgehead atoms. The first-order valence-electron chi connectivity index (χ1n) is 6.35. The van der Waals surface area contributed by atoms with Crippen molar-refractivity contribution in [3.8, 4) is 0 Å². The molecular weight excluding hydrogens is 275 g/mol. The van der Waals surface area contributed by atoms with Crippen molar-refractivity contribution in [3.05, 3.63) is 10.6 Å². The number of nitrogens with zero attached hydrogens (tertiary/aromatic N) is 2. The molecule has 1 aliphatic carbocycles. The normalized spacial score (nSPS) is 19.3. The Morgan fingerprint density at radius 3 is 2.84 bits per heavy atom. The van der Waals surface area contributed by atoms with Gasteiger partial charge < -0.3 is 10.2 Å². The van der Waals surface area contributed by atoms with Gasteiger partial charge in [0.2, 0.25) is 0 Å². The number of thiazole rings is 1. The van der Waals surface area contributed by atoms with Crippen LogP contribution in [-0.4, -0.2) is 31.8 Å². The highest BCUT2D eigenvalue weighted by molar-refractivity contribution is 7.15. The molecule has 1 N–H and O–H groups in total. The van der Waals surface area contributed by atoms with E-state index >= 15 is 0 Å². The lowest BCUT2D eigenvalue weighted by atomic mass is 9.98. The molecule has 1 atom stereocenters. The number of rotatable bonds is 4. The molecule has 1 unspecified atom stereocenters. The van der Waals surface area contributed by atoms with E-state index < -0.39 is 12.6 Å². The fourth-order valence-corrected chi connectivity index (χ4v) is 3.39. The van der Waals surface area contributed by atoms with Gasteiger partial charge in [-0.25, -0.2) is 4.98 Å². The van der Waals surface area contributed by atoms with Crippen LogP contribution in [0, 0.1) is 0 Å². The van der Waals surface area contributed by atoms with Crippen LogP contribution in [0.15, 0.2) is 0 Å². The largest absolute Gasteiger partial charge is 0.390 e. The van der Waals surface area contributed by atoms with Crippen LogP contribution in [0.25, 0.3) is 0 Å². The maximum absolute atomic E-state index is 12.2. The fourth-order valence-electron chi connectivity index (χ4n) is 2.24. The highest BCUT2D eigenvalue weighted by Crippen LogP contribution is 2.36. The van der Waals surface area contributed by atoms with E-state index in [1.165, 1.54) is 16.2 Å². The van der Waals surface area contributed by atoms with E-state index in [1.54, 1.807) is 11.9 Å². The van der Waals surface area contributed by atoms with Crippen molar-refractivity contribution in [1.29, 1.82) is 0 Å². The summed E-state index contributed by atoms with van der Waals surface area (Å²) in [5.41, 5.74) is 1.02. The number of aryl methyl sites for hydroxylation is 1. The van der Waals surface area contributed by atoms with Crippen LogP contribution >= 0.6 is 11.3 Å². The Morgan fingerprint density at radius 2 is 2.21 bits per heavy atom. The molecule has 2 rings (SSSR count). The van der Waals surface area contributed by atoms with Gasteiger partial charge in [-0.1, -0.05) is 0 Å². The van der Waals surface area contributed by atoms with Crippen LogP contribution in [0.2, 0.25) is 0 Å². The lowest BCUT2D eigenvalue weighted by Crippen LogP contribution is -2.24. The Kier molecular flexibility index (Phi) is 4.35. The molecule has 0 fully saturated rings. The van der Waals surface area contributed by atoms with Crippen molar-refractivity contribution >= 4 is 16.5 Å². The number of halogens is 3. The second-order valence-corrected chi connectivity index (χ2v) is 5.89. The molecular formula is C12H18F3N3S. The van der Waals surface area contributed by atoms with E-state index in [0.717, 1.165) is 25.0 Å². The van der Waals surface area contributed by atoms with E-state index in [4.69, 9.17) is 0 Å². The minimum absolute atomic E-state index is 0.0416. The number of hydrogen-bond donors (Lipinski definition) is 1. The smallest absolute Gasteiger partial charge is 0.351 e. The standard InChI is InChI=1S/C12H18F3N3S/c1-16-8-4-3-5-9-10(8)17-11(19-9)18(2)7-6-12(13,14)15/h8,16H,3-7H2,1-2H3. The van der Waals surface area contributed by atoms with Gasteiger partial charge in [0.05, 0.1) is 18.2 Å². The average molecular weight is 293 g/mol. The van der Waals surface area contributed by atoms with E-state index in [9.17, 15) is 13.2 Å². The maximum atomic E-state index is 12.2. The molecule has 0 aromatic carbocycles. The molecule has 3 nitrogen and oxygen atoms in total. The molecule has 0 radical (unpaired) electrons. The highest BCUT2D eigenvalue weighted by Gasteiger charge is 2.29. The van der Waals surface area contributed by atoms with Crippen LogP contribution < -0.4 is 10.2 Å². The third kappa shape index (κ3) is 3.60. The number of aromatic nitrogens is 1. The van der Waals surface area contributed by atoms with Crippen molar-refractivity contribution in [2.45, 2.75) is 37.9 Å². The molecule has 1 aromatic rings. The van der Waals surface area contributed by atoms with Crippen molar-refractivity contribution < 1.29 is 13.2 Å². The number of alkyl halides is 3. The Labute approximate surface area is 114 Å². The molecule has 0 amide bonds. The zero-order valence-corrected chi connectivity index (χ0v) is 11.9. The lowest BCUT2D eigenvalue weighted by molar-refractivity contribution is -0.132. The van der Waals surface area contributed by atoms with Gasteiger partial charge in [0, 0.05) is 18.5 Å². The summed E-state index contributed by atoms with van der Waals surface area (Å²) in [5, 5.41) is 3.91. The summed E-state index contributed by atoms with van der Waals surface area (Å²) < 4.78 is 36.7. The monoisotopic (exact) mass is 293 g/mol. The molecule has 19 heavy (non-hydrogen) atoms. The van der Waals surface area contributed by atoms with E-state index in [-0.39, 0.29) is 12.6 Å². The number of fused-ring (bicyclic) bond motifs is 1. The van der Waals surface area contributed by atoms with Gasteiger partial charge in [0.25, 0.3) is 0 Å². The molecule has 0 saturated carbocycles. The van der Waals surface area contributed by atoms with E-state index in [1.807, 2.05) is 7.05 Å². The lowest BCUT2D eigenvalue weighted by Gasteiger charge is -2.20. The minimum Gasteiger partial charge on any atom is -0.351 e. The predicted molar refractivity (Wildman–Crippen MR) is 70.8 cm³/mol. The van der Waals surface area contributed by atoms with Crippen LogP contribution in [0.3, 0.4) is 0 Å². The molecule has 1 aliphatic rings. The quantitative estimate of drug-likeness (QED) is 0.924. The van der Waals surface area contributed by atoms with Gasteiger partial charge in [-0.05, 0) is 26.3 Å². The van der Waals surface area contributed by atoms with Crippen LogP contribution in [0.1, 0.15) is 35.9 Å². The second-order valence-electron chi connectivity index (χ2n) is 4.83. The summed E-state index contributed by atoms with van der Waals surface area (Å²) in [4.78, 5) is 7.33. The van der Waals surface area contributed by atoms with Gasteiger partial charge in [0.15, 0.2) is 5.13 Å². The van der Waals surface area contributed by atoms with Crippen molar-refractivity contribution in [3.63, 3.8) is 0 Å². The predicted octanol–water partition coefficient (Wildman–Crippen LogP) is 3.13. The third-order valence-corrected chi connectivity index (χ3v) is 4.59. The number of hydrogen-bond acceptors (Lipinski definition) is 4. The summed E-state index contributed by atoms with van der Waals surface area (Å²) in [6.07, 6.45) is -1.79. The summed E-state index contributed by atoms with van der Waals surface area (Å²) >= 11 is 1.52. The third-order valence-electron chi connectivity index (χ3n) is 3.35. The Hall–Kier alpha value is -0.820. The second kappa shape index (κ2) is 5.66. The summed E-state index contributed by atoms with van der Waals surface area (Å²) in [6.45, 7) is -0.0416. The Bertz CT molecular complexity index is 430. The summed E-state index contributed by atoms with van der Waals surface area (Å²) in [6, 6.07) is 0.241. The molecule has 0 aliphatic heterocycles. The van der Waals surface area contributed by atoms with Crippen molar-refractivity contribution in [1.82, 2.24) is 10.3 Å². The molecule has 0 saturated heterocycles. The van der Waals surface area contributed by atoms with Crippen LogP contribution in [0.4, 0.5) is 18.3 Å². The van der Waals surface area contributed by atoms with Crippen molar-refractivity contribution in [2.24, 2.45) is 0 Å². The van der Waals surface area contributed by atoms with Crippen LogP contribution in [-0.2, 0) is 6.42 Å². The topological polar surface area (TPSA) is 28.2 Å². The van der Waals surface area contributed by atoms with E-state index in [2.05, 4.69) is 10.3 Å².